The molecule has 0 aromatic carbocycles. The van der Waals surface area contributed by atoms with Crippen LogP contribution in [-0.2, 0) is 9.22 Å². The molecule has 0 N–H and O–H groups in total. The maximum Gasteiger partial charge on any atom is 0.292 e. The first-order valence-corrected chi connectivity index (χ1v) is 14.3. The number of rotatable bonds is 8. The Morgan fingerprint density at radius 2 is 1.47 bits per heavy atom. The van der Waals surface area contributed by atoms with Crippen molar-refractivity contribution in [3.8, 4) is 0 Å². The summed E-state index contributed by atoms with van der Waals surface area (Å²) in [6.07, 6.45) is 6.56. The van der Waals surface area contributed by atoms with E-state index < -0.39 is 15.4 Å². The third-order valence-electron chi connectivity index (χ3n) is 3.66. The maximum absolute atomic E-state index is 11.8. The molecule has 0 aromatic heterocycles. The number of carbonyl (C=O) groups is 1. The highest BCUT2D eigenvalue weighted by atomic mass is 29.3. The third-order valence-corrected chi connectivity index (χ3v) is 19.2. The van der Waals surface area contributed by atoms with Crippen LogP contribution in [0.4, 0.5) is 0 Å². The first-order valence-electron chi connectivity index (χ1n) is 6.92. The van der Waals surface area contributed by atoms with E-state index in [0.717, 1.165) is 12.8 Å². The molecule has 4 heteroatoms. The highest BCUT2D eigenvalue weighted by Crippen LogP contribution is 2.21. The van der Waals surface area contributed by atoms with Gasteiger partial charge in [-0.1, -0.05) is 52.2 Å². The van der Waals surface area contributed by atoms with Crippen molar-refractivity contribution in [3.05, 3.63) is 0 Å². The summed E-state index contributed by atoms with van der Waals surface area (Å²) in [6.45, 7) is 13.5. The van der Waals surface area contributed by atoms with Gasteiger partial charge in [-0.15, -0.1) is 0 Å². The fraction of sp³-hybridized carbons (Fsp3) is 0.923. The molecule has 102 valence electrons. The van der Waals surface area contributed by atoms with E-state index in [1.165, 1.54) is 19.3 Å². The van der Waals surface area contributed by atoms with Crippen molar-refractivity contribution in [1.82, 2.24) is 0 Å². The average Bonchev–Trinajstić information content (AvgIpc) is 2.14. The number of carbonyl (C=O) groups excluding carboxylic acids is 1. The maximum atomic E-state index is 11.8. The SMILES string of the molecule is CCCCCCCC(=O)O[Si](C)(C)[Si](C)(C)C. The third kappa shape index (κ3) is 7.04. The van der Waals surface area contributed by atoms with Crippen LogP contribution in [0.2, 0.25) is 32.7 Å². The largest absolute Gasteiger partial charge is 0.522 e. The lowest BCUT2D eigenvalue weighted by molar-refractivity contribution is -0.135. The molecule has 0 bridgehead atoms. The summed E-state index contributed by atoms with van der Waals surface area (Å²) in [7, 11) is -3.07. The van der Waals surface area contributed by atoms with E-state index in [1.807, 2.05) is 0 Å². The van der Waals surface area contributed by atoms with Crippen molar-refractivity contribution >= 4 is 21.4 Å². The first kappa shape index (κ1) is 16.9. The minimum atomic E-state index is -1.75. The molecule has 0 amide bonds. The van der Waals surface area contributed by atoms with Crippen molar-refractivity contribution in [1.29, 1.82) is 0 Å². The Balaban J connectivity index is 3.87. The van der Waals surface area contributed by atoms with Gasteiger partial charge in [0.2, 0.25) is 7.83 Å². The molecule has 0 spiro atoms. The topological polar surface area (TPSA) is 26.3 Å². The molecule has 17 heavy (non-hydrogen) atoms. The van der Waals surface area contributed by atoms with Gasteiger partial charge < -0.3 is 4.43 Å². The van der Waals surface area contributed by atoms with Gasteiger partial charge in [0.25, 0.3) is 5.97 Å². The van der Waals surface area contributed by atoms with Gasteiger partial charge >= 0.3 is 0 Å². The van der Waals surface area contributed by atoms with Gasteiger partial charge in [-0.2, -0.15) is 0 Å². The van der Waals surface area contributed by atoms with Crippen LogP contribution >= 0.6 is 0 Å². The van der Waals surface area contributed by atoms with Crippen LogP contribution < -0.4 is 0 Å². The second-order valence-corrected chi connectivity index (χ2v) is 22.2. The zero-order valence-corrected chi connectivity index (χ0v) is 14.6. The Kier molecular flexibility index (Phi) is 7.32. The minimum absolute atomic E-state index is 0.0422. The second kappa shape index (κ2) is 7.36. The average molecular weight is 275 g/mol. The van der Waals surface area contributed by atoms with Crippen LogP contribution in [0.5, 0.6) is 0 Å². The lowest BCUT2D eigenvalue weighted by Crippen LogP contribution is -2.55. The molecule has 0 rings (SSSR count). The normalized spacial score (nSPS) is 12.6. The highest BCUT2D eigenvalue weighted by molar-refractivity contribution is 7.38. The van der Waals surface area contributed by atoms with E-state index in [-0.39, 0.29) is 5.97 Å². The summed E-state index contributed by atoms with van der Waals surface area (Å²) in [6, 6.07) is 0. The predicted octanol–water partition coefficient (Wildman–Crippen LogP) is 4.51. The Bertz CT molecular complexity index is 232. The van der Waals surface area contributed by atoms with Crippen molar-refractivity contribution in [3.63, 3.8) is 0 Å². The summed E-state index contributed by atoms with van der Waals surface area (Å²) in [5.41, 5.74) is 0. The number of unbranched alkanes of at least 4 members (excludes halogenated alkanes) is 4. The van der Waals surface area contributed by atoms with Gasteiger partial charge in [0.1, 0.15) is 0 Å². The van der Waals surface area contributed by atoms with Crippen LogP contribution in [0.1, 0.15) is 45.4 Å². The zero-order chi connectivity index (χ0) is 13.5. The fourth-order valence-electron chi connectivity index (χ4n) is 1.36. The smallest absolute Gasteiger partial charge is 0.292 e. The van der Waals surface area contributed by atoms with E-state index in [1.54, 1.807) is 0 Å². The second-order valence-electron chi connectivity index (χ2n) is 6.40. The molecular weight excluding hydrogens is 244 g/mol. The van der Waals surface area contributed by atoms with Crippen molar-refractivity contribution in [2.75, 3.05) is 0 Å². The summed E-state index contributed by atoms with van der Waals surface area (Å²) in [5.74, 6) is 0.0422. The lowest BCUT2D eigenvalue weighted by Gasteiger charge is -2.34. The molecule has 2 nitrogen and oxygen atoms in total. The molecule has 0 fully saturated rings. The van der Waals surface area contributed by atoms with E-state index in [4.69, 9.17) is 4.43 Å². The van der Waals surface area contributed by atoms with Crippen LogP contribution in [0.25, 0.3) is 0 Å². The molecule has 0 unspecified atom stereocenters. The quantitative estimate of drug-likeness (QED) is 0.481. The Labute approximate surface area is 109 Å². The molecule has 0 heterocycles. The Hall–Kier alpha value is -0.0962. The van der Waals surface area contributed by atoms with Crippen LogP contribution in [-0.4, -0.2) is 21.4 Å². The molecule has 0 aliphatic carbocycles. The van der Waals surface area contributed by atoms with Gasteiger partial charge in [0.05, 0.1) is 7.59 Å². The van der Waals surface area contributed by atoms with Gasteiger partial charge in [0.15, 0.2) is 0 Å². The molecule has 0 aliphatic rings. The van der Waals surface area contributed by atoms with Crippen molar-refractivity contribution in [2.45, 2.75) is 78.2 Å². The molecule has 0 saturated heterocycles. The number of hydrogen-bond acceptors (Lipinski definition) is 2. The summed E-state index contributed by atoms with van der Waals surface area (Å²) in [4.78, 5) is 11.8. The van der Waals surface area contributed by atoms with Gasteiger partial charge in [-0.05, 0) is 19.5 Å². The molecule has 0 radical (unpaired) electrons. The Morgan fingerprint density at radius 1 is 0.941 bits per heavy atom. The van der Waals surface area contributed by atoms with Crippen LogP contribution in [0, 0.1) is 0 Å². The molecule has 0 aliphatic heterocycles. The monoisotopic (exact) mass is 274 g/mol. The molecule has 0 atom stereocenters. The van der Waals surface area contributed by atoms with Gasteiger partial charge in [0, 0.05) is 6.42 Å². The van der Waals surface area contributed by atoms with Crippen LogP contribution in [0.3, 0.4) is 0 Å². The lowest BCUT2D eigenvalue weighted by atomic mass is 10.1. The number of hydrogen-bond donors (Lipinski definition) is 0. The van der Waals surface area contributed by atoms with Crippen LogP contribution in [0.15, 0.2) is 0 Å². The predicted molar refractivity (Wildman–Crippen MR) is 80.3 cm³/mol. The highest BCUT2D eigenvalue weighted by Gasteiger charge is 2.41. The van der Waals surface area contributed by atoms with E-state index in [9.17, 15) is 4.79 Å². The summed E-state index contributed by atoms with van der Waals surface area (Å²) in [5, 5.41) is 0. The Morgan fingerprint density at radius 3 is 1.94 bits per heavy atom. The summed E-state index contributed by atoms with van der Waals surface area (Å²) < 4.78 is 5.77. The van der Waals surface area contributed by atoms with E-state index in [2.05, 4.69) is 39.7 Å². The fourth-order valence-corrected chi connectivity index (χ4v) is 3.60. The van der Waals surface area contributed by atoms with E-state index in [0.29, 0.717) is 6.42 Å². The first-order chi connectivity index (χ1) is 7.70. The van der Waals surface area contributed by atoms with E-state index >= 15 is 0 Å². The molecule has 0 aromatic rings. The standard InChI is InChI=1S/C13H30O2Si2/c1-7-8-9-10-11-12-13(14)15-17(5,6)16(2,3)4/h7-12H2,1-6H3. The van der Waals surface area contributed by atoms with Gasteiger partial charge in [-0.3, -0.25) is 4.79 Å². The van der Waals surface area contributed by atoms with Crippen molar-refractivity contribution < 1.29 is 9.22 Å². The van der Waals surface area contributed by atoms with Crippen molar-refractivity contribution in [2.24, 2.45) is 0 Å². The molecule has 0 saturated carbocycles. The zero-order valence-electron chi connectivity index (χ0n) is 12.6. The summed E-state index contributed by atoms with van der Waals surface area (Å²) >= 11 is 0. The molecular formula is C13H30O2Si2. The minimum Gasteiger partial charge on any atom is -0.522 e. The van der Waals surface area contributed by atoms with Gasteiger partial charge in [-0.25, -0.2) is 0 Å².